The van der Waals surface area contributed by atoms with Crippen LogP contribution in [0.25, 0.3) is 12.2 Å². The van der Waals surface area contributed by atoms with Crippen LogP contribution in [0.5, 0.6) is 0 Å². The third-order valence-corrected chi connectivity index (χ3v) is 4.54. The van der Waals surface area contributed by atoms with Crippen molar-refractivity contribution in [3.63, 3.8) is 0 Å². The number of fused-ring (bicyclic) bond motifs is 4. The quantitative estimate of drug-likeness (QED) is 0.593. The maximum Gasteiger partial charge on any atom is 0.276 e. The summed E-state index contributed by atoms with van der Waals surface area (Å²) in [6.07, 6.45) is 8.59. The summed E-state index contributed by atoms with van der Waals surface area (Å²) in [6, 6.07) is 9.67. The highest BCUT2D eigenvalue weighted by molar-refractivity contribution is 5.51. The minimum Gasteiger partial charge on any atom is -0.258 e. The highest BCUT2D eigenvalue weighted by Gasteiger charge is 2.15. The molecule has 2 aliphatic rings. The third kappa shape index (κ3) is 1.81. The van der Waals surface area contributed by atoms with Crippen LogP contribution in [0.4, 0.5) is 5.69 Å². The number of nitrogens with zero attached hydrogens (tertiary/aromatic N) is 1. The molecule has 0 fully saturated rings. The standard InChI is InChI=1S/C18H15NO2/c20-19(21)18-7-3-6-14-16-9-8-12-4-1-2-5-13(12)15(16)10-11-17(14)18/h3-4,6-9,11H,1-2,5,10H2. The fourth-order valence-corrected chi connectivity index (χ4v) is 3.59. The van der Waals surface area contributed by atoms with Gasteiger partial charge in [0.05, 0.1) is 10.1 Å². The lowest BCUT2D eigenvalue weighted by Crippen LogP contribution is -2.20. The number of non-ortho nitro benzene ring substituents is 1. The monoisotopic (exact) mass is 277 g/mol. The van der Waals surface area contributed by atoms with Crippen molar-refractivity contribution in [3.8, 4) is 0 Å². The summed E-state index contributed by atoms with van der Waals surface area (Å²) in [6.45, 7) is 0. The van der Waals surface area contributed by atoms with E-state index in [0.29, 0.717) is 0 Å². The Morgan fingerprint density at radius 2 is 1.90 bits per heavy atom. The maximum absolute atomic E-state index is 11.2. The van der Waals surface area contributed by atoms with Gasteiger partial charge in [0.25, 0.3) is 5.69 Å². The number of benzene rings is 2. The van der Waals surface area contributed by atoms with Crippen LogP contribution in [0.1, 0.15) is 24.0 Å². The molecule has 0 saturated carbocycles. The van der Waals surface area contributed by atoms with Crippen LogP contribution in [-0.2, 0) is 12.8 Å². The lowest BCUT2D eigenvalue weighted by atomic mass is 9.89. The van der Waals surface area contributed by atoms with E-state index in [1.165, 1.54) is 28.0 Å². The van der Waals surface area contributed by atoms with Crippen molar-refractivity contribution in [3.05, 3.63) is 72.4 Å². The molecule has 104 valence electrons. The fraction of sp³-hybridized carbons (Fsp3) is 0.222. The molecule has 2 aromatic rings. The van der Waals surface area contributed by atoms with Gasteiger partial charge in [0.15, 0.2) is 0 Å². The van der Waals surface area contributed by atoms with Crippen LogP contribution in [-0.4, -0.2) is 4.92 Å². The largest absolute Gasteiger partial charge is 0.276 e. The van der Waals surface area contributed by atoms with Gasteiger partial charge < -0.3 is 0 Å². The van der Waals surface area contributed by atoms with Gasteiger partial charge in [-0.25, -0.2) is 0 Å². The van der Waals surface area contributed by atoms with E-state index in [-0.39, 0.29) is 10.6 Å². The second-order valence-corrected chi connectivity index (χ2v) is 5.66. The van der Waals surface area contributed by atoms with Gasteiger partial charge in [0, 0.05) is 6.07 Å². The van der Waals surface area contributed by atoms with E-state index in [4.69, 9.17) is 0 Å². The van der Waals surface area contributed by atoms with Crippen LogP contribution >= 0.6 is 0 Å². The predicted octanol–water partition coefficient (Wildman–Crippen LogP) is 2.34. The van der Waals surface area contributed by atoms with Crippen molar-refractivity contribution in [1.82, 2.24) is 0 Å². The topological polar surface area (TPSA) is 43.1 Å². The van der Waals surface area contributed by atoms with Crippen molar-refractivity contribution >= 4 is 17.8 Å². The SMILES string of the molecule is O=[N+]([O-])c1cccc2c1=CCc1c3c(ccc1=2)=CCCC3. The molecular weight excluding hydrogens is 262 g/mol. The molecule has 0 atom stereocenters. The first-order valence-corrected chi connectivity index (χ1v) is 7.34. The first-order chi connectivity index (χ1) is 10.3. The molecule has 0 saturated heterocycles. The summed E-state index contributed by atoms with van der Waals surface area (Å²) in [5.41, 5.74) is 3.01. The maximum atomic E-state index is 11.2. The van der Waals surface area contributed by atoms with E-state index in [9.17, 15) is 10.1 Å². The van der Waals surface area contributed by atoms with Crippen LogP contribution in [0.2, 0.25) is 0 Å². The van der Waals surface area contributed by atoms with E-state index in [1.807, 2.05) is 12.1 Å². The van der Waals surface area contributed by atoms with Gasteiger partial charge in [0.1, 0.15) is 0 Å². The van der Waals surface area contributed by atoms with Crippen molar-refractivity contribution in [2.75, 3.05) is 0 Å². The summed E-state index contributed by atoms with van der Waals surface area (Å²) in [5.74, 6) is 0. The summed E-state index contributed by atoms with van der Waals surface area (Å²) < 4.78 is 0. The van der Waals surface area contributed by atoms with Crippen molar-refractivity contribution in [2.45, 2.75) is 25.7 Å². The second kappa shape index (κ2) is 4.55. The van der Waals surface area contributed by atoms with E-state index in [2.05, 4.69) is 18.2 Å². The average Bonchev–Trinajstić information content (AvgIpc) is 2.53. The Hall–Kier alpha value is -2.42. The molecule has 0 amide bonds. The molecule has 0 heterocycles. The third-order valence-electron chi connectivity index (χ3n) is 4.54. The summed E-state index contributed by atoms with van der Waals surface area (Å²) in [5, 5.41) is 15.5. The normalized spacial score (nSPS) is 15.0. The van der Waals surface area contributed by atoms with Crippen molar-refractivity contribution in [2.24, 2.45) is 0 Å². The molecule has 0 aliphatic heterocycles. The smallest absolute Gasteiger partial charge is 0.258 e. The van der Waals surface area contributed by atoms with Gasteiger partial charge in [-0.15, -0.1) is 0 Å². The molecule has 21 heavy (non-hydrogen) atoms. The number of hydrogen-bond acceptors (Lipinski definition) is 2. The lowest BCUT2D eigenvalue weighted by molar-refractivity contribution is -0.385. The zero-order valence-corrected chi connectivity index (χ0v) is 11.6. The molecule has 2 aromatic carbocycles. The predicted molar refractivity (Wildman–Crippen MR) is 82.0 cm³/mol. The molecule has 0 radical (unpaired) electrons. The van der Waals surface area contributed by atoms with Gasteiger partial charge in [-0.05, 0) is 52.5 Å². The van der Waals surface area contributed by atoms with Crippen LogP contribution in [0, 0.1) is 20.6 Å². The Morgan fingerprint density at radius 1 is 1.00 bits per heavy atom. The van der Waals surface area contributed by atoms with Crippen molar-refractivity contribution in [1.29, 1.82) is 0 Å². The van der Waals surface area contributed by atoms with Crippen molar-refractivity contribution < 1.29 is 4.92 Å². The molecule has 2 aliphatic carbocycles. The molecule has 0 aromatic heterocycles. The molecule has 3 nitrogen and oxygen atoms in total. The Kier molecular flexibility index (Phi) is 2.67. The first-order valence-electron chi connectivity index (χ1n) is 7.34. The van der Waals surface area contributed by atoms with Gasteiger partial charge in [0.2, 0.25) is 0 Å². The van der Waals surface area contributed by atoms with Gasteiger partial charge in [-0.3, -0.25) is 10.1 Å². The molecule has 4 rings (SSSR count). The summed E-state index contributed by atoms with van der Waals surface area (Å²) in [4.78, 5) is 10.9. The van der Waals surface area contributed by atoms with Crippen LogP contribution < -0.4 is 10.4 Å². The molecule has 0 spiro atoms. The van der Waals surface area contributed by atoms with E-state index < -0.39 is 0 Å². The van der Waals surface area contributed by atoms with Gasteiger partial charge in [-0.2, -0.15) is 0 Å². The number of nitro benzene ring substituents is 1. The first kappa shape index (κ1) is 12.3. The number of rotatable bonds is 1. The van der Waals surface area contributed by atoms with Gasteiger partial charge in [-0.1, -0.05) is 36.4 Å². The number of nitro groups is 1. The van der Waals surface area contributed by atoms with Crippen LogP contribution in [0.3, 0.4) is 0 Å². The summed E-state index contributed by atoms with van der Waals surface area (Å²) in [7, 11) is 0. The zero-order valence-electron chi connectivity index (χ0n) is 11.6. The zero-order chi connectivity index (χ0) is 14.4. The average molecular weight is 277 g/mol. The Bertz CT molecular complexity index is 973. The van der Waals surface area contributed by atoms with E-state index >= 15 is 0 Å². The van der Waals surface area contributed by atoms with Gasteiger partial charge >= 0.3 is 0 Å². The fourth-order valence-electron chi connectivity index (χ4n) is 3.59. The van der Waals surface area contributed by atoms with Crippen LogP contribution in [0.15, 0.2) is 30.3 Å². The number of hydrogen-bond donors (Lipinski definition) is 0. The summed E-state index contributed by atoms with van der Waals surface area (Å²) >= 11 is 0. The molecule has 0 N–H and O–H groups in total. The highest BCUT2D eigenvalue weighted by atomic mass is 16.6. The minimum absolute atomic E-state index is 0.211. The lowest BCUT2D eigenvalue weighted by Gasteiger charge is -2.16. The minimum atomic E-state index is -0.285. The molecule has 3 heteroatoms. The Morgan fingerprint density at radius 3 is 2.76 bits per heavy atom. The Labute approximate surface area is 121 Å². The highest BCUT2D eigenvalue weighted by Crippen LogP contribution is 2.18. The molecule has 0 unspecified atom stereocenters. The van der Waals surface area contributed by atoms with E-state index in [1.54, 1.807) is 12.1 Å². The molecular formula is C18H15NO2. The molecule has 0 bridgehead atoms. The Balaban J connectivity index is 2.20. The van der Waals surface area contributed by atoms with E-state index in [0.717, 1.165) is 29.7 Å². The second-order valence-electron chi connectivity index (χ2n) is 5.66.